The van der Waals surface area contributed by atoms with E-state index in [1.807, 2.05) is 41.1 Å². The molecular formula is C15H16N2O2. The summed E-state index contributed by atoms with van der Waals surface area (Å²) >= 11 is 0. The molecule has 1 aliphatic carbocycles. The zero-order chi connectivity index (χ0) is 13.2. The number of hydrogen-bond donors (Lipinski definition) is 0. The quantitative estimate of drug-likeness (QED) is 0.793. The van der Waals surface area contributed by atoms with E-state index in [0.29, 0.717) is 11.7 Å². The molecule has 4 nitrogen and oxygen atoms in total. The van der Waals surface area contributed by atoms with Gasteiger partial charge in [0.2, 0.25) is 0 Å². The van der Waals surface area contributed by atoms with Crippen LogP contribution in [0.2, 0.25) is 0 Å². The van der Waals surface area contributed by atoms with E-state index in [1.54, 1.807) is 0 Å². The van der Waals surface area contributed by atoms with Gasteiger partial charge in [-0.2, -0.15) is 5.10 Å². The van der Waals surface area contributed by atoms with Crippen LogP contribution < -0.4 is 0 Å². The van der Waals surface area contributed by atoms with Crippen LogP contribution in [0.5, 0.6) is 0 Å². The summed E-state index contributed by atoms with van der Waals surface area (Å²) < 4.78 is 6.73. The molecule has 3 rings (SSSR count). The van der Waals surface area contributed by atoms with E-state index in [9.17, 15) is 4.79 Å². The fourth-order valence-electron chi connectivity index (χ4n) is 2.33. The molecule has 1 aromatic carbocycles. The Morgan fingerprint density at radius 3 is 2.63 bits per heavy atom. The molecule has 1 aliphatic rings. The largest absolute Gasteiger partial charge is 0.464 e. The lowest BCUT2D eigenvalue weighted by Gasteiger charge is -2.27. The van der Waals surface area contributed by atoms with Crippen molar-refractivity contribution in [3.63, 3.8) is 0 Å². The molecule has 98 valence electrons. The second-order valence-corrected chi connectivity index (χ2v) is 4.80. The maximum Gasteiger partial charge on any atom is 0.358 e. The van der Waals surface area contributed by atoms with E-state index in [1.165, 1.54) is 13.5 Å². The zero-order valence-electron chi connectivity index (χ0n) is 10.9. The van der Waals surface area contributed by atoms with Crippen LogP contribution in [0.4, 0.5) is 0 Å². The molecule has 0 N–H and O–H groups in total. The molecule has 0 atom stereocenters. The van der Waals surface area contributed by atoms with Crippen LogP contribution in [0.25, 0.3) is 11.3 Å². The highest BCUT2D eigenvalue weighted by molar-refractivity contribution is 5.88. The molecule has 0 aliphatic heterocycles. The fraction of sp³-hybridized carbons (Fsp3) is 0.333. The Kier molecular flexibility index (Phi) is 3.07. The number of benzene rings is 1. The van der Waals surface area contributed by atoms with E-state index in [2.05, 4.69) is 5.10 Å². The molecule has 2 aromatic rings. The van der Waals surface area contributed by atoms with Crippen LogP contribution in [0.1, 0.15) is 35.8 Å². The smallest absolute Gasteiger partial charge is 0.358 e. The third-order valence-electron chi connectivity index (χ3n) is 3.62. The first-order valence-corrected chi connectivity index (χ1v) is 6.53. The van der Waals surface area contributed by atoms with Gasteiger partial charge in [0.1, 0.15) is 0 Å². The second-order valence-electron chi connectivity index (χ2n) is 4.80. The number of rotatable bonds is 3. The van der Waals surface area contributed by atoms with Crippen LogP contribution in [0.15, 0.2) is 36.4 Å². The van der Waals surface area contributed by atoms with E-state index in [-0.39, 0.29) is 5.97 Å². The molecule has 1 saturated carbocycles. The summed E-state index contributed by atoms with van der Waals surface area (Å²) in [5, 5.41) is 4.42. The first-order chi connectivity index (χ1) is 9.29. The number of esters is 1. The topological polar surface area (TPSA) is 44.1 Å². The van der Waals surface area contributed by atoms with Crippen LogP contribution in [-0.2, 0) is 4.74 Å². The Morgan fingerprint density at radius 1 is 1.32 bits per heavy atom. The standard InChI is InChI=1S/C15H16N2O2/c1-19-15(18)13-10-14(11-6-3-2-4-7-11)17(16-13)12-8-5-9-12/h2-4,6-7,10,12H,5,8-9H2,1H3. The van der Waals surface area contributed by atoms with Crippen LogP contribution >= 0.6 is 0 Å². The lowest BCUT2D eigenvalue weighted by Crippen LogP contribution is -2.19. The average molecular weight is 256 g/mol. The van der Waals surface area contributed by atoms with Gasteiger partial charge in [-0.3, -0.25) is 4.68 Å². The highest BCUT2D eigenvalue weighted by atomic mass is 16.5. The van der Waals surface area contributed by atoms with E-state index >= 15 is 0 Å². The minimum atomic E-state index is -0.379. The molecule has 4 heteroatoms. The van der Waals surface area contributed by atoms with Gasteiger partial charge in [0.25, 0.3) is 0 Å². The molecule has 0 amide bonds. The van der Waals surface area contributed by atoms with Crippen molar-refractivity contribution in [1.29, 1.82) is 0 Å². The van der Waals surface area contributed by atoms with Crippen molar-refractivity contribution in [2.75, 3.05) is 7.11 Å². The van der Waals surface area contributed by atoms with Crippen LogP contribution in [-0.4, -0.2) is 22.9 Å². The predicted molar refractivity (Wildman–Crippen MR) is 71.9 cm³/mol. The maximum absolute atomic E-state index is 11.6. The predicted octanol–water partition coefficient (Wildman–Crippen LogP) is 3.06. The minimum Gasteiger partial charge on any atom is -0.464 e. The molecule has 19 heavy (non-hydrogen) atoms. The lowest BCUT2D eigenvalue weighted by molar-refractivity contribution is 0.0592. The number of methoxy groups -OCH3 is 1. The Morgan fingerprint density at radius 2 is 2.05 bits per heavy atom. The number of aromatic nitrogens is 2. The van der Waals surface area contributed by atoms with E-state index < -0.39 is 0 Å². The van der Waals surface area contributed by atoms with Crippen LogP contribution in [0.3, 0.4) is 0 Å². The van der Waals surface area contributed by atoms with Gasteiger partial charge >= 0.3 is 5.97 Å². The van der Waals surface area contributed by atoms with Gasteiger partial charge in [0.15, 0.2) is 5.69 Å². The molecule has 0 unspecified atom stereocenters. The summed E-state index contributed by atoms with van der Waals surface area (Å²) in [5.41, 5.74) is 2.45. The molecule has 0 spiro atoms. The van der Waals surface area contributed by atoms with Crippen molar-refractivity contribution in [2.45, 2.75) is 25.3 Å². The van der Waals surface area contributed by atoms with Crippen molar-refractivity contribution in [3.8, 4) is 11.3 Å². The zero-order valence-corrected chi connectivity index (χ0v) is 10.9. The Balaban J connectivity index is 2.05. The van der Waals surface area contributed by atoms with E-state index in [4.69, 9.17) is 4.74 Å². The number of carbonyl (C=O) groups excluding carboxylic acids is 1. The first-order valence-electron chi connectivity index (χ1n) is 6.53. The molecular weight excluding hydrogens is 240 g/mol. The molecule has 0 saturated heterocycles. The summed E-state index contributed by atoms with van der Waals surface area (Å²) in [5.74, 6) is -0.379. The molecule has 1 aromatic heterocycles. The number of ether oxygens (including phenoxy) is 1. The lowest BCUT2D eigenvalue weighted by atomic mass is 9.93. The van der Waals surface area contributed by atoms with Crippen molar-refractivity contribution in [3.05, 3.63) is 42.1 Å². The number of carbonyl (C=O) groups is 1. The summed E-state index contributed by atoms with van der Waals surface area (Å²) in [7, 11) is 1.38. The maximum atomic E-state index is 11.6. The average Bonchev–Trinajstić information content (AvgIpc) is 2.81. The second kappa shape index (κ2) is 4.88. The van der Waals surface area contributed by atoms with Gasteiger partial charge < -0.3 is 4.74 Å². The number of hydrogen-bond acceptors (Lipinski definition) is 3. The van der Waals surface area contributed by atoms with Gasteiger partial charge in [-0.1, -0.05) is 30.3 Å². The SMILES string of the molecule is COC(=O)c1cc(-c2ccccc2)n(C2CCC2)n1. The molecule has 1 fully saturated rings. The monoisotopic (exact) mass is 256 g/mol. The third kappa shape index (κ3) is 2.14. The molecule has 0 radical (unpaired) electrons. The van der Waals surface area contributed by atoms with Crippen LogP contribution in [0, 0.1) is 0 Å². The summed E-state index contributed by atoms with van der Waals surface area (Å²) in [6, 6.07) is 12.3. The van der Waals surface area contributed by atoms with Gasteiger partial charge in [-0.05, 0) is 30.9 Å². The first kappa shape index (κ1) is 12.0. The van der Waals surface area contributed by atoms with Gasteiger partial charge in [0.05, 0.1) is 18.8 Å². The Labute approximate surface area is 112 Å². The van der Waals surface area contributed by atoms with Gasteiger partial charge in [0, 0.05) is 0 Å². The normalized spacial score (nSPS) is 15.0. The fourth-order valence-corrected chi connectivity index (χ4v) is 2.33. The number of nitrogens with zero attached hydrogens (tertiary/aromatic N) is 2. The van der Waals surface area contributed by atoms with Gasteiger partial charge in [-0.15, -0.1) is 0 Å². The highest BCUT2D eigenvalue weighted by Gasteiger charge is 2.25. The Hall–Kier alpha value is -2.10. The summed E-state index contributed by atoms with van der Waals surface area (Å²) in [4.78, 5) is 11.6. The van der Waals surface area contributed by atoms with E-state index in [0.717, 1.165) is 24.1 Å². The van der Waals surface area contributed by atoms with Crippen molar-refractivity contribution < 1.29 is 9.53 Å². The summed E-state index contributed by atoms with van der Waals surface area (Å²) in [6.07, 6.45) is 3.48. The molecule has 1 heterocycles. The minimum absolute atomic E-state index is 0.379. The molecule has 0 bridgehead atoms. The highest BCUT2D eigenvalue weighted by Crippen LogP contribution is 2.35. The van der Waals surface area contributed by atoms with Crippen molar-refractivity contribution in [1.82, 2.24) is 9.78 Å². The van der Waals surface area contributed by atoms with Gasteiger partial charge in [-0.25, -0.2) is 4.79 Å². The summed E-state index contributed by atoms with van der Waals surface area (Å²) in [6.45, 7) is 0. The van der Waals surface area contributed by atoms with Crippen molar-refractivity contribution in [2.24, 2.45) is 0 Å². The third-order valence-corrected chi connectivity index (χ3v) is 3.62. The Bertz CT molecular complexity index is 585. The van der Waals surface area contributed by atoms with Crippen molar-refractivity contribution >= 4 is 5.97 Å².